The first-order valence-electron chi connectivity index (χ1n) is 4.85. The number of aromatic nitrogens is 1. The van der Waals surface area contributed by atoms with Gasteiger partial charge in [-0.2, -0.15) is 0 Å². The van der Waals surface area contributed by atoms with Gasteiger partial charge in [-0.1, -0.05) is 0 Å². The van der Waals surface area contributed by atoms with Crippen LogP contribution in [0.5, 0.6) is 0 Å². The van der Waals surface area contributed by atoms with E-state index in [1.807, 2.05) is 6.92 Å². The predicted molar refractivity (Wildman–Crippen MR) is 55.6 cm³/mol. The van der Waals surface area contributed by atoms with Crippen LogP contribution in [0.4, 0.5) is 0 Å². The van der Waals surface area contributed by atoms with Crippen molar-refractivity contribution in [2.45, 2.75) is 20.0 Å². The highest BCUT2D eigenvalue weighted by molar-refractivity contribution is 5.90. The van der Waals surface area contributed by atoms with Gasteiger partial charge < -0.3 is 9.47 Å². The summed E-state index contributed by atoms with van der Waals surface area (Å²) in [5.41, 5.74) is 1.08. The molecule has 4 nitrogen and oxygen atoms in total. The van der Waals surface area contributed by atoms with Crippen LogP contribution in [0.25, 0.3) is 0 Å². The summed E-state index contributed by atoms with van der Waals surface area (Å²) in [6.45, 7) is 3.97. The van der Waals surface area contributed by atoms with Crippen LogP contribution in [0.1, 0.15) is 36.0 Å². The number of hydrogen-bond acceptors (Lipinski definition) is 4. The number of nitrogens with zero attached hydrogens (tertiary/aromatic N) is 1. The Hall–Kier alpha value is -1.42. The highest BCUT2D eigenvalue weighted by atomic mass is 16.5. The van der Waals surface area contributed by atoms with E-state index in [0.717, 1.165) is 0 Å². The van der Waals surface area contributed by atoms with Gasteiger partial charge in [0, 0.05) is 13.3 Å². The number of esters is 1. The Morgan fingerprint density at radius 1 is 1.60 bits per heavy atom. The lowest BCUT2D eigenvalue weighted by atomic mass is 10.1. The zero-order chi connectivity index (χ0) is 11.3. The molecule has 0 saturated carbocycles. The molecule has 0 aliphatic heterocycles. The van der Waals surface area contributed by atoms with Gasteiger partial charge in [0.25, 0.3) is 0 Å². The smallest absolute Gasteiger partial charge is 0.340 e. The van der Waals surface area contributed by atoms with E-state index in [9.17, 15) is 4.79 Å². The van der Waals surface area contributed by atoms with E-state index in [4.69, 9.17) is 9.47 Å². The average molecular weight is 209 g/mol. The minimum atomic E-state index is -0.357. The third kappa shape index (κ3) is 2.76. The quantitative estimate of drug-likeness (QED) is 0.711. The lowest BCUT2D eigenvalue weighted by Gasteiger charge is -2.12. The predicted octanol–water partition coefficient (Wildman–Crippen LogP) is 1.97. The number of methoxy groups -OCH3 is 1. The minimum absolute atomic E-state index is 0.217. The Morgan fingerprint density at radius 3 is 2.93 bits per heavy atom. The molecule has 0 amide bonds. The van der Waals surface area contributed by atoms with Gasteiger partial charge in [-0.3, -0.25) is 4.98 Å². The summed E-state index contributed by atoms with van der Waals surface area (Å²) >= 11 is 0. The minimum Gasteiger partial charge on any atom is -0.462 e. The second-order valence-corrected chi connectivity index (χ2v) is 3.03. The van der Waals surface area contributed by atoms with Crippen LogP contribution in [0.15, 0.2) is 18.3 Å². The van der Waals surface area contributed by atoms with Crippen LogP contribution in [-0.4, -0.2) is 24.7 Å². The van der Waals surface area contributed by atoms with E-state index in [2.05, 4.69) is 4.98 Å². The van der Waals surface area contributed by atoms with E-state index in [1.54, 1.807) is 32.4 Å². The average Bonchev–Trinajstić information content (AvgIpc) is 2.28. The van der Waals surface area contributed by atoms with Gasteiger partial charge in [-0.25, -0.2) is 4.79 Å². The lowest BCUT2D eigenvalue weighted by Crippen LogP contribution is -2.12. The molecule has 1 aromatic heterocycles. The fraction of sp³-hybridized carbons (Fsp3) is 0.455. The third-order valence-electron chi connectivity index (χ3n) is 2.07. The van der Waals surface area contributed by atoms with E-state index in [1.165, 1.54) is 0 Å². The van der Waals surface area contributed by atoms with Crippen LogP contribution in [-0.2, 0) is 9.47 Å². The van der Waals surface area contributed by atoms with Gasteiger partial charge in [0.1, 0.15) is 0 Å². The van der Waals surface area contributed by atoms with Crippen molar-refractivity contribution < 1.29 is 14.3 Å². The molecule has 0 bridgehead atoms. The second kappa shape index (κ2) is 5.46. The molecule has 1 unspecified atom stereocenters. The summed E-state index contributed by atoms with van der Waals surface area (Å²) in [7, 11) is 1.58. The van der Waals surface area contributed by atoms with Crippen LogP contribution >= 0.6 is 0 Å². The molecular formula is C11H15NO3. The zero-order valence-electron chi connectivity index (χ0n) is 9.19. The second-order valence-electron chi connectivity index (χ2n) is 3.03. The molecule has 0 radical (unpaired) electrons. The Morgan fingerprint density at radius 2 is 2.33 bits per heavy atom. The molecule has 0 spiro atoms. The van der Waals surface area contributed by atoms with Crippen molar-refractivity contribution in [2.24, 2.45) is 0 Å². The van der Waals surface area contributed by atoms with Crippen molar-refractivity contribution in [2.75, 3.05) is 13.7 Å². The summed E-state index contributed by atoms with van der Waals surface area (Å²) in [5, 5.41) is 0. The molecule has 0 saturated heterocycles. The number of pyridine rings is 1. The Balaban J connectivity index is 3.00. The van der Waals surface area contributed by atoms with Crippen LogP contribution in [0.2, 0.25) is 0 Å². The SMILES string of the molecule is CCOC(=O)c1cccnc1C(C)OC. The summed E-state index contributed by atoms with van der Waals surface area (Å²) < 4.78 is 10.1. The summed E-state index contributed by atoms with van der Waals surface area (Å²) in [6, 6.07) is 3.40. The highest BCUT2D eigenvalue weighted by Gasteiger charge is 2.17. The molecule has 0 N–H and O–H groups in total. The van der Waals surface area contributed by atoms with Gasteiger partial charge in [0.2, 0.25) is 0 Å². The molecule has 1 rings (SSSR count). The van der Waals surface area contributed by atoms with Crippen molar-refractivity contribution in [3.8, 4) is 0 Å². The molecule has 0 fully saturated rings. The van der Waals surface area contributed by atoms with Gasteiger partial charge in [0.15, 0.2) is 0 Å². The molecular weight excluding hydrogens is 194 g/mol. The maximum Gasteiger partial charge on any atom is 0.340 e. The van der Waals surface area contributed by atoms with Crippen molar-refractivity contribution in [3.63, 3.8) is 0 Å². The monoisotopic (exact) mass is 209 g/mol. The van der Waals surface area contributed by atoms with Gasteiger partial charge in [-0.05, 0) is 26.0 Å². The third-order valence-corrected chi connectivity index (χ3v) is 2.07. The molecule has 0 aliphatic rings. The molecule has 1 heterocycles. The topological polar surface area (TPSA) is 48.4 Å². The Labute approximate surface area is 89.2 Å². The fourth-order valence-electron chi connectivity index (χ4n) is 1.23. The summed E-state index contributed by atoms with van der Waals surface area (Å²) in [6.07, 6.45) is 1.42. The van der Waals surface area contributed by atoms with Crippen LogP contribution in [0.3, 0.4) is 0 Å². The van der Waals surface area contributed by atoms with Crippen molar-refractivity contribution in [3.05, 3.63) is 29.6 Å². The highest BCUT2D eigenvalue weighted by Crippen LogP contribution is 2.18. The molecule has 1 atom stereocenters. The first-order chi connectivity index (χ1) is 7.20. The number of ether oxygens (including phenoxy) is 2. The molecule has 4 heteroatoms. The van der Waals surface area contributed by atoms with Crippen molar-refractivity contribution >= 4 is 5.97 Å². The maximum atomic E-state index is 11.6. The van der Waals surface area contributed by atoms with E-state index < -0.39 is 0 Å². The standard InChI is InChI=1S/C11H15NO3/c1-4-15-11(13)9-6-5-7-12-10(9)8(2)14-3/h5-8H,4H2,1-3H3. The van der Waals surface area contributed by atoms with Gasteiger partial charge in [0.05, 0.1) is 24.0 Å². The molecule has 15 heavy (non-hydrogen) atoms. The van der Waals surface area contributed by atoms with Crippen LogP contribution in [0, 0.1) is 0 Å². The summed E-state index contributed by atoms with van der Waals surface area (Å²) in [4.78, 5) is 15.7. The largest absolute Gasteiger partial charge is 0.462 e. The first-order valence-corrected chi connectivity index (χ1v) is 4.85. The summed E-state index contributed by atoms with van der Waals surface area (Å²) in [5.74, 6) is -0.357. The molecule has 82 valence electrons. The Bertz CT molecular complexity index is 338. The lowest BCUT2D eigenvalue weighted by molar-refractivity contribution is 0.0513. The van der Waals surface area contributed by atoms with Crippen LogP contribution < -0.4 is 0 Å². The zero-order valence-corrected chi connectivity index (χ0v) is 9.19. The molecule has 0 aliphatic carbocycles. The van der Waals surface area contributed by atoms with E-state index in [0.29, 0.717) is 17.9 Å². The van der Waals surface area contributed by atoms with E-state index >= 15 is 0 Å². The van der Waals surface area contributed by atoms with Crippen molar-refractivity contribution in [1.29, 1.82) is 0 Å². The number of carbonyl (C=O) groups is 1. The van der Waals surface area contributed by atoms with Crippen molar-refractivity contribution in [1.82, 2.24) is 4.98 Å². The van der Waals surface area contributed by atoms with E-state index in [-0.39, 0.29) is 12.1 Å². The van der Waals surface area contributed by atoms with Gasteiger partial charge >= 0.3 is 5.97 Å². The van der Waals surface area contributed by atoms with Gasteiger partial charge in [-0.15, -0.1) is 0 Å². The number of hydrogen-bond donors (Lipinski definition) is 0. The number of rotatable bonds is 4. The molecule has 1 aromatic rings. The molecule has 0 aromatic carbocycles. The Kier molecular flexibility index (Phi) is 4.24. The first kappa shape index (κ1) is 11.7. The fourth-order valence-corrected chi connectivity index (χ4v) is 1.23. The normalized spacial score (nSPS) is 12.2. The number of carbonyl (C=O) groups excluding carboxylic acids is 1. The maximum absolute atomic E-state index is 11.6.